The van der Waals surface area contributed by atoms with Crippen LogP contribution in [0.15, 0.2) is 0 Å². The second-order valence-corrected chi connectivity index (χ2v) is 14.5. The highest BCUT2D eigenvalue weighted by Crippen LogP contribution is 2.17. The molecule has 2 atom stereocenters. The van der Waals surface area contributed by atoms with E-state index >= 15 is 0 Å². The first-order chi connectivity index (χ1) is 22.3. The summed E-state index contributed by atoms with van der Waals surface area (Å²) in [4.78, 5) is 64.7. The van der Waals surface area contributed by atoms with Crippen LogP contribution in [0.5, 0.6) is 0 Å². The van der Waals surface area contributed by atoms with Gasteiger partial charge in [0.1, 0.15) is 6.54 Å². The largest absolute Gasteiger partial charge is 0.377 e. The fourth-order valence-corrected chi connectivity index (χ4v) is 5.80. The van der Waals surface area contributed by atoms with Gasteiger partial charge >= 0.3 is 6.03 Å². The van der Waals surface area contributed by atoms with E-state index in [0.29, 0.717) is 44.3 Å². The summed E-state index contributed by atoms with van der Waals surface area (Å²) in [6, 6.07) is 0.470. The van der Waals surface area contributed by atoms with Gasteiger partial charge in [-0.25, -0.2) is 4.79 Å². The van der Waals surface area contributed by atoms with Crippen molar-refractivity contribution in [3.8, 4) is 0 Å². The first-order valence-electron chi connectivity index (χ1n) is 17.9. The fraction of sp³-hybridized carbons (Fsp3) is 0.868. The molecule has 0 N–H and O–H groups in total. The van der Waals surface area contributed by atoms with Crippen LogP contribution < -0.4 is 0 Å². The monoisotopic (exact) mass is 716 g/mol. The summed E-state index contributed by atoms with van der Waals surface area (Å²) in [5.41, 5.74) is 0. The number of piperazine rings is 1. The molecule has 0 aromatic carbocycles. The molecule has 0 unspecified atom stereocenters. The predicted molar refractivity (Wildman–Crippen MR) is 204 cm³/mol. The molecule has 5 amide bonds. The van der Waals surface area contributed by atoms with Gasteiger partial charge in [-0.1, -0.05) is 62.3 Å². The lowest BCUT2D eigenvalue weighted by Crippen LogP contribution is -2.58. The first kappa shape index (κ1) is 51.8. The molecule has 3 aliphatic heterocycles. The van der Waals surface area contributed by atoms with Gasteiger partial charge < -0.3 is 24.2 Å². The first-order valence-corrected chi connectivity index (χ1v) is 17.9. The van der Waals surface area contributed by atoms with E-state index in [-0.39, 0.29) is 76.1 Å². The molecule has 3 saturated heterocycles. The number of urea groups is 1. The Balaban J connectivity index is -0.000000603. The highest BCUT2D eigenvalue weighted by molar-refractivity contribution is 6.05. The number of imide groups is 1. The lowest BCUT2D eigenvalue weighted by Gasteiger charge is -2.44. The predicted octanol–water partition coefficient (Wildman–Crippen LogP) is 5.82. The zero-order valence-electron chi connectivity index (χ0n) is 32.5. The molecule has 0 radical (unpaired) electrons. The van der Waals surface area contributed by atoms with Crippen molar-refractivity contribution in [2.24, 2.45) is 11.8 Å². The minimum atomic E-state index is -0.234. The van der Waals surface area contributed by atoms with Crippen LogP contribution in [-0.2, 0) is 28.7 Å². The number of amides is 5. The third-order valence-corrected chi connectivity index (χ3v) is 7.73. The highest BCUT2D eigenvalue weighted by atomic mass is 16.5. The summed E-state index contributed by atoms with van der Waals surface area (Å²) in [5.74, 6) is 1.60. The number of nitrogens with zero attached hydrogens (tertiary/aromatic N) is 5. The molecule has 0 aliphatic carbocycles. The van der Waals surface area contributed by atoms with E-state index in [4.69, 9.17) is 9.47 Å². The normalized spacial score (nSPS) is 19.2. The lowest BCUT2D eigenvalue weighted by atomic mass is 10.1. The van der Waals surface area contributed by atoms with Crippen LogP contribution in [0.1, 0.15) is 117 Å². The van der Waals surface area contributed by atoms with Gasteiger partial charge in [0, 0.05) is 52.2 Å². The van der Waals surface area contributed by atoms with Crippen molar-refractivity contribution in [2.45, 2.75) is 141 Å². The second kappa shape index (κ2) is 27.1. The quantitative estimate of drug-likeness (QED) is 0.183. The van der Waals surface area contributed by atoms with Crippen LogP contribution >= 0.6 is 0 Å². The smallest absolute Gasteiger partial charge is 0.327 e. The van der Waals surface area contributed by atoms with Crippen molar-refractivity contribution in [2.75, 3.05) is 66.1 Å². The SMILES string of the molecule is C.C.CC(=O)N1[C@H](C)CN(CC(C)C)C[C@@H]1C.CC(C)OCCN1C(=O)CN(C)C1=O.CC(C)OCCN1CC(=O)CC1=O.CCCC(C)C. The fourth-order valence-electron chi connectivity index (χ4n) is 5.80. The molecule has 296 valence electrons. The Morgan fingerprint density at radius 1 is 0.780 bits per heavy atom. The summed E-state index contributed by atoms with van der Waals surface area (Å²) in [6.07, 6.45) is 3.08. The van der Waals surface area contributed by atoms with Gasteiger partial charge in [0.15, 0.2) is 5.78 Å². The Morgan fingerprint density at radius 2 is 1.28 bits per heavy atom. The zero-order valence-corrected chi connectivity index (χ0v) is 32.5. The van der Waals surface area contributed by atoms with Crippen LogP contribution in [0.2, 0.25) is 0 Å². The zero-order chi connectivity index (χ0) is 37.1. The number of likely N-dealkylation sites (tertiary alicyclic amines) is 1. The number of ketones is 1. The van der Waals surface area contributed by atoms with E-state index in [1.54, 1.807) is 18.9 Å². The Labute approximate surface area is 306 Å². The lowest BCUT2D eigenvalue weighted by molar-refractivity contribution is -0.136. The van der Waals surface area contributed by atoms with Crippen molar-refractivity contribution >= 4 is 29.5 Å². The topological polar surface area (TPSA) is 120 Å². The Hall–Kier alpha value is -2.57. The van der Waals surface area contributed by atoms with Gasteiger partial charge in [-0.05, 0) is 53.4 Å². The van der Waals surface area contributed by atoms with Crippen LogP contribution in [0, 0.1) is 11.8 Å². The van der Waals surface area contributed by atoms with Crippen molar-refractivity contribution in [3.63, 3.8) is 0 Å². The van der Waals surface area contributed by atoms with Crippen LogP contribution in [0.3, 0.4) is 0 Å². The van der Waals surface area contributed by atoms with Gasteiger partial charge in [0.05, 0.1) is 44.9 Å². The summed E-state index contributed by atoms with van der Waals surface area (Å²) >= 11 is 0. The summed E-state index contributed by atoms with van der Waals surface area (Å²) in [5, 5.41) is 0. The van der Waals surface area contributed by atoms with Crippen molar-refractivity contribution < 1.29 is 33.4 Å². The van der Waals surface area contributed by atoms with Gasteiger partial charge in [-0.2, -0.15) is 0 Å². The Morgan fingerprint density at radius 3 is 1.60 bits per heavy atom. The molecule has 12 heteroatoms. The van der Waals surface area contributed by atoms with Gasteiger partial charge in [-0.3, -0.25) is 29.0 Å². The van der Waals surface area contributed by atoms with E-state index in [1.165, 1.54) is 22.6 Å². The van der Waals surface area contributed by atoms with E-state index in [1.807, 2.05) is 32.6 Å². The highest BCUT2D eigenvalue weighted by Gasteiger charge is 2.33. The number of carbonyl (C=O) groups is 5. The number of hydrogen-bond acceptors (Lipinski definition) is 8. The molecule has 0 aromatic rings. The molecular formula is C38H77N5O7. The van der Waals surface area contributed by atoms with Crippen molar-refractivity contribution in [1.82, 2.24) is 24.5 Å². The minimum absolute atomic E-state index is 0. The summed E-state index contributed by atoms with van der Waals surface area (Å²) < 4.78 is 10.6. The van der Waals surface area contributed by atoms with E-state index in [9.17, 15) is 24.0 Å². The third kappa shape index (κ3) is 21.6. The molecule has 0 bridgehead atoms. The molecule has 0 spiro atoms. The van der Waals surface area contributed by atoms with Crippen LogP contribution in [0.4, 0.5) is 4.79 Å². The van der Waals surface area contributed by atoms with Gasteiger partial charge in [-0.15, -0.1) is 0 Å². The van der Waals surface area contributed by atoms with Crippen LogP contribution in [0.25, 0.3) is 0 Å². The van der Waals surface area contributed by atoms with Gasteiger partial charge in [0.2, 0.25) is 17.7 Å². The number of ether oxygens (including phenoxy) is 2. The molecular weight excluding hydrogens is 638 g/mol. The molecule has 3 aliphatic rings. The third-order valence-electron chi connectivity index (χ3n) is 7.73. The number of likely N-dealkylation sites (N-methyl/N-ethyl adjacent to an activating group) is 1. The number of hydrogen-bond donors (Lipinski definition) is 0. The van der Waals surface area contributed by atoms with Crippen molar-refractivity contribution in [1.29, 1.82) is 0 Å². The molecule has 3 fully saturated rings. The number of rotatable bonds is 12. The number of carbonyl (C=O) groups excluding carboxylic acids is 5. The summed E-state index contributed by atoms with van der Waals surface area (Å²) in [6.45, 7) is 30.3. The number of Topliss-reactive ketones (excluding diaryl/α,β-unsaturated/α-hetero) is 1. The molecule has 3 rings (SSSR count). The minimum Gasteiger partial charge on any atom is -0.377 e. The molecule has 12 nitrogen and oxygen atoms in total. The Kier molecular flexibility index (Phi) is 28.1. The molecule has 3 heterocycles. The summed E-state index contributed by atoms with van der Waals surface area (Å²) in [7, 11) is 1.61. The molecule has 0 aromatic heterocycles. The van der Waals surface area contributed by atoms with Crippen LogP contribution in [-0.4, -0.2) is 144 Å². The van der Waals surface area contributed by atoms with E-state index in [2.05, 4.69) is 53.4 Å². The maximum absolute atomic E-state index is 11.5. The van der Waals surface area contributed by atoms with Gasteiger partial charge in [0.25, 0.3) is 0 Å². The van der Waals surface area contributed by atoms with E-state index in [0.717, 1.165) is 25.6 Å². The molecule has 50 heavy (non-hydrogen) atoms. The average molecular weight is 716 g/mol. The standard InChI is InChI=1S/C12H24N2O.C9H16N2O3.C9H15NO3.C6H14.2CH4/c1-9(2)6-13-7-10(3)14(12(5)15)11(4)8-13;1-7(2)14-5-4-11-8(12)6-10(3)9(11)13;1-7(2)13-4-3-10-6-8(11)5-9(10)12;1-4-5-6(2)3;;/h9-11H,6-8H2,1-5H3;7H,4-6H2,1-3H3;7H,3-6H2,1-2H3;6H,4-5H2,1-3H3;2*1H4/t10-,11+;;;;;. The average Bonchev–Trinajstić information content (AvgIpc) is 3.38. The van der Waals surface area contributed by atoms with E-state index < -0.39 is 0 Å². The Bertz CT molecular complexity index is 977. The maximum atomic E-state index is 11.5. The van der Waals surface area contributed by atoms with Crippen molar-refractivity contribution in [3.05, 3.63) is 0 Å². The molecule has 0 saturated carbocycles. The second-order valence-electron chi connectivity index (χ2n) is 14.5. The maximum Gasteiger partial charge on any atom is 0.327 e.